The molecule has 0 saturated carbocycles. The van der Waals surface area contributed by atoms with Crippen molar-refractivity contribution in [3.8, 4) is 0 Å². The normalized spacial score (nSPS) is 21.8. The fourth-order valence-corrected chi connectivity index (χ4v) is 0.853. The van der Waals surface area contributed by atoms with Crippen LogP contribution < -0.4 is 0 Å². The molecule has 0 bridgehead atoms. The highest BCUT2D eigenvalue weighted by atomic mass is 16.7. The first-order valence-electron chi connectivity index (χ1n) is 3.55. The van der Waals surface area contributed by atoms with Crippen molar-refractivity contribution in [2.24, 2.45) is 0 Å². The van der Waals surface area contributed by atoms with Gasteiger partial charge in [0.25, 0.3) is 5.91 Å². The maximum atomic E-state index is 10.9. The molecule has 1 unspecified atom stereocenters. The Morgan fingerprint density at radius 3 is 3.00 bits per heavy atom. The number of rotatable bonds is 2. The maximum Gasteiger partial charge on any atom is 0.252 e. The third kappa shape index (κ3) is 1.29. The number of carbonyl (C=O) groups is 1. The summed E-state index contributed by atoms with van der Waals surface area (Å²) >= 11 is 0. The first kappa shape index (κ1) is 7.54. The van der Waals surface area contributed by atoms with Crippen LogP contribution in [0.5, 0.6) is 0 Å². The smallest absolute Gasteiger partial charge is 0.252 e. The molecule has 0 aromatic carbocycles. The third-order valence-corrected chi connectivity index (χ3v) is 1.68. The molecule has 0 aromatic heterocycles. The monoisotopic (exact) mass is 142 g/mol. The summed E-state index contributed by atoms with van der Waals surface area (Å²) in [5, 5.41) is 1.43. The Morgan fingerprint density at radius 2 is 2.60 bits per heavy atom. The molecule has 0 aliphatic carbocycles. The minimum absolute atomic E-state index is 0.00523. The van der Waals surface area contributed by atoms with E-state index in [1.165, 1.54) is 5.06 Å². The summed E-state index contributed by atoms with van der Waals surface area (Å²) < 4.78 is 0. The van der Waals surface area contributed by atoms with Gasteiger partial charge in [0.15, 0.2) is 0 Å². The molecule has 3 heteroatoms. The number of hydroxylamine groups is 2. The fraction of sp³-hybridized carbons (Fsp3) is 0.714. The van der Waals surface area contributed by atoms with Gasteiger partial charge in [-0.3, -0.25) is 9.63 Å². The first-order valence-corrected chi connectivity index (χ1v) is 3.55. The maximum absolute atomic E-state index is 10.9. The van der Waals surface area contributed by atoms with Crippen LogP contribution in [-0.4, -0.2) is 23.6 Å². The van der Waals surface area contributed by atoms with Crippen LogP contribution in [0.3, 0.4) is 0 Å². The molecule has 1 saturated heterocycles. The van der Waals surface area contributed by atoms with Crippen LogP contribution in [0.15, 0.2) is 0 Å². The van der Waals surface area contributed by atoms with Gasteiger partial charge in [0.05, 0.1) is 19.1 Å². The van der Waals surface area contributed by atoms with E-state index in [2.05, 4.69) is 0 Å². The molecule has 1 heterocycles. The summed E-state index contributed by atoms with van der Waals surface area (Å²) in [4.78, 5) is 16.0. The minimum atomic E-state index is -0.00523. The molecule has 57 valence electrons. The van der Waals surface area contributed by atoms with Crippen LogP contribution in [0.2, 0.25) is 0 Å². The molecule has 10 heavy (non-hydrogen) atoms. The fourth-order valence-electron chi connectivity index (χ4n) is 0.853. The van der Waals surface area contributed by atoms with E-state index in [-0.39, 0.29) is 11.9 Å². The van der Waals surface area contributed by atoms with Gasteiger partial charge in [-0.05, 0) is 13.3 Å². The Labute approximate surface area is 60.9 Å². The van der Waals surface area contributed by atoms with Gasteiger partial charge < -0.3 is 0 Å². The number of carbonyl (C=O) groups excluding carboxylic acids is 1. The lowest BCUT2D eigenvalue weighted by molar-refractivity contribution is -0.172. The third-order valence-electron chi connectivity index (χ3n) is 1.68. The predicted molar refractivity (Wildman–Crippen MR) is 36.9 cm³/mol. The highest BCUT2D eigenvalue weighted by molar-refractivity contribution is 5.85. The zero-order valence-corrected chi connectivity index (χ0v) is 6.33. The van der Waals surface area contributed by atoms with E-state index in [0.717, 1.165) is 6.42 Å². The molecule has 3 nitrogen and oxygen atoms in total. The summed E-state index contributed by atoms with van der Waals surface area (Å²) in [6.45, 7) is 4.43. The standard InChI is InChI=1S/C7H12NO2/c1-3-6(2)8-7(9)4-5-10-8/h4,6H,3,5H2,1-2H3. The molecular formula is C7H12NO2. The van der Waals surface area contributed by atoms with Crippen LogP contribution in [0.25, 0.3) is 0 Å². The largest absolute Gasteiger partial charge is 0.272 e. The van der Waals surface area contributed by atoms with Crippen LogP contribution in [0.1, 0.15) is 20.3 Å². The van der Waals surface area contributed by atoms with E-state index in [4.69, 9.17) is 4.84 Å². The van der Waals surface area contributed by atoms with E-state index < -0.39 is 0 Å². The van der Waals surface area contributed by atoms with Gasteiger partial charge in [0.2, 0.25) is 0 Å². The van der Waals surface area contributed by atoms with Gasteiger partial charge in [0.1, 0.15) is 0 Å². The molecule has 1 fully saturated rings. The number of nitrogens with zero attached hydrogens (tertiary/aromatic N) is 1. The van der Waals surface area contributed by atoms with Crippen molar-refractivity contribution in [2.45, 2.75) is 26.3 Å². The molecule has 1 aliphatic rings. The number of hydrogen-bond donors (Lipinski definition) is 0. The van der Waals surface area contributed by atoms with Crippen molar-refractivity contribution >= 4 is 5.91 Å². The van der Waals surface area contributed by atoms with E-state index in [9.17, 15) is 4.79 Å². The number of amides is 1. The van der Waals surface area contributed by atoms with Crippen molar-refractivity contribution in [3.05, 3.63) is 6.42 Å². The summed E-state index contributed by atoms with van der Waals surface area (Å²) in [6.07, 6.45) is 2.48. The zero-order chi connectivity index (χ0) is 7.56. The highest BCUT2D eigenvalue weighted by Crippen LogP contribution is 2.11. The molecule has 1 atom stereocenters. The van der Waals surface area contributed by atoms with Crippen LogP contribution in [0, 0.1) is 6.42 Å². The molecule has 0 aromatic rings. The Kier molecular flexibility index (Phi) is 2.27. The van der Waals surface area contributed by atoms with Gasteiger partial charge in [-0.1, -0.05) is 6.92 Å². The molecule has 1 aliphatic heterocycles. The molecule has 0 spiro atoms. The van der Waals surface area contributed by atoms with Crippen LogP contribution in [0.4, 0.5) is 0 Å². The lowest BCUT2D eigenvalue weighted by atomic mass is 10.2. The lowest BCUT2D eigenvalue weighted by Crippen LogP contribution is -2.32. The average molecular weight is 142 g/mol. The summed E-state index contributed by atoms with van der Waals surface area (Å²) in [6, 6.07) is 0.200. The highest BCUT2D eigenvalue weighted by Gasteiger charge is 2.25. The van der Waals surface area contributed by atoms with Crippen LogP contribution in [-0.2, 0) is 9.63 Å². The van der Waals surface area contributed by atoms with Gasteiger partial charge in [-0.25, -0.2) is 5.06 Å². The molecule has 1 amide bonds. The average Bonchev–Trinajstić information content (AvgIpc) is 2.34. The molecule has 0 N–H and O–H groups in total. The van der Waals surface area contributed by atoms with E-state index in [1.807, 2.05) is 13.8 Å². The topological polar surface area (TPSA) is 29.5 Å². The van der Waals surface area contributed by atoms with Crippen molar-refractivity contribution in [3.63, 3.8) is 0 Å². The van der Waals surface area contributed by atoms with Gasteiger partial charge in [0, 0.05) is 0 Å². The summed E-state index contributed by atoms with van der Waals surface area (Å²) in [5.41, 5.74) is 0. The van der Waals surface area contributed by atoms with Crippen molar-refractivity contribution in [2.75, 3.05) is 6.61 Å². The van der Waals surface area contributed by atoms with E-state index in [0.29, 0.717) is 6.61 Å². The van der Waals surface area contributed by atoms with E-state index >= 15 is 0 Å². The van der Waals surface area contributed by atoms with E-state index in [1.54, 1.807) is 6.42 Å². The van der Waals surface area contributed by atoms with Gasteiger partial charge in [-0.2, -0.15) is 0 Å². The Hall–Kier alpha value is -0.570. The Bertz CT molecular complexity index is 136. The lowest BCUT2D eigenvalue weighted by Gasteiger charge is -2.20. The molecular weight excluding hydrogens is 130 g/mol. The predicted octanol–water partition coefficient (Wildman–Crippen LogP) is 0.763. The van der Waals surface area contributed by atoms with Crippen LogP contribution >= 0.6 is 0 Å². The second-order valence-corrected chi connectivity index (χ2v) is 2.42. The van der Waals surface area contributed by atoms with Gasteiger partial charge in [-0.15, -0.1) is 0 Å². The zero-order valence-electron chi connectivity index (χ0n) is 6.33. The quantitative estimate of drug-likeness (QED) is 0.569. The van der Waals surface area contributed by atoms with Crippen molar-refractivity contribution in [1.82, 2.24) is 5.06 Å². The van der Waals surface area contributed by atoms with Crippen molar-refractivity contribution in [1.29, 1.82) is 0 Å². The molecule has 1 radical (unpaired) electrons. The molecule has 1 rings (SSSR count). The van der Waals surface area contributed by atoms with Gasteiger partial charge >= 0.3 is 0 Å². The summed E-state index contributed by atoms with van der Waals surface area (Å²) in [5.74, 6) is -0.00523. The first-order chi connectivity index (χ1) is 4.75. The minimum Gasteiger partial charge on any atom is -0.272 e. The Balaban J connectivity index is 2.46. The number of hydrogen-bond acceptors (Lipinski definition) is 2. The SMILES string of the molecule is CCC(C)N1OC[CH]C1=O. The Morgan fingerprint density at radius 1 is 1.90 bits per heavy atom. The van der Waals surface area contributed by atoms with Crippen molar-refractivity contribution < 1.29 is 9.63 Å². The summed E-state index contributed by atoms with van der Waals surface area (Å²) in [7, 11) is 0. The second-order valence-electron chi connectivity index (χ2n) is 2.42. The second kappa shape index (κ2) is 3.01.